The van der Waals surface area contributed by atoms with Crippen molar-refractivity contribution in [2.45, 2.75) is 13.8 Å². The van der Waals surface area contributed by atoms with Crippen molar-refractivity contribution >= 4 is 0 Å². The molecule has 2 heterocycles. The van der Waals surface area contributed by atoms with E-state index in [1.54, 1.807) is 7.05 Å². The van der Waals surface area contributed by atoms with Crippen LogP contribution in [0.1, 0.15) is 11.4 Å². The van der Waals surface area contributed by atoms with Crippen LogP contribution in [-0.4, -0.2) is 24.5 Å². The molecule has 1 N–H and O–H groups in total. The second-order valence-corrected chi connectivity index (χ2v) is 4.79. The van der Waals surface area contributed by atoms with Crippen LogP contribution in [0.25, 0.3) is 17.1 Å². The van der Waals surface area contributed by atoms with Gasteiger partial charge in [-0.25, -0.2) is 14.2 Å². The van der Waals surface area contributed by atoms with E-state index in [-0.39, 0.29) is 5.69 Å². The van der Waals surface area contributed by atoms with E-state index < -0.39 is 0 Å². The summed E-state index contributed by atoms with van der Waals surface area (Å²) in [5, 5.41) is 8.62. The Morgan fingerprint density at radius 1 is 1.15 bits per heavy atom. The van der Waals surface area contributed by atoms with E-state index in [2.05, 4.69) is 15.2 Å². The van der Waals surface area contributed by atoms with Gasteiger partial charge in [0, 0.05) is 18.3 Å². The molecule has 0 aliphatic heterocycles. The average molecular weight is 269 g/mol. The summed E-state index contributed by atoms with van der Waals surface area (Å²) in [6, 6.07) is 9.79. The normalized spacial score (nSPS) is 10.9. The maximum absolute atomic E-state index is 11.5. The topological polar surface area (TPSA) is 68.5 Å². The van der Waals surface area contributed by atoms with Crippen molar-refractivity contribution in [2.24, 2.45) is 7.05 Å². The fourth-order valence-corrected chi connectivity index (χ4v) is 2.21. The van der Waals surface area contributed by atoms with Crippen LogP contribution in [0, 0.1) is 13.8 Å². The van der Waals surface area contributed by atoms with Crippen molar-refractivity contribution in [3.8, 4) is 17.1 Å². The molecular weight excluding hydrogens is 254 g/mol. The molecule has 0 atom stereocenters. The van der Waals surface area contributed by atoms with E-state index in [9.17, 15) is 4.79 Å². The number of aromatic nitrogens is 5. The van der Waals surface area contributed by atoms with E-state index in [1.807, 2.05) is 48.9 Å². The van der Waals surface area contributed by atoms with E-state index in [4.69, 9.17) is 0 Å². The quantitative estimate of drug-likeness (QED) is 0.768. The minimum atomic E-state index is -0.225. The number of nitrogens with one attached hydrogen (secondary N) is 1. The molecule has 6 heteroatoms. The zero-order valence-corrected chi connectivity index (χ0v) is 11.6. The molecule has 3 rings (SSSR count). The molecule has 0 fully saturated rings. The summed E-state index contributed by atoms with van der Waals surface area (Å²) in [7, 11) is 1.62. The lowest BCUT2D eigenvalue weighted by Crippen LogP contribution is -2.13. The molecule has 20 heavy (non-hydrogen) atoms. The lowest BCUT2D eigenvalue weighted by Gasteiger charge is -2.05. The molecule has 2 aromatic heterocycles. The SMILES string of the molecule is Cc1cc(C)n(-c2cccc(-c3nn(C)c(=O)[nH]3)c2)n1. The molecular formula is C14H15N5O. The number of benzene rings is 1. The number of rotatable bonds is 2. The van der Waals surface area contributed by atoms with Gasteiger partial charge in [0.2, 0.25) is 0 Å². The fraction of sp³-hybridized carbons (Fsp3) is 0.214. The highest BCUT2D eigenvalue weighted by Crippen LogP contribution is 2.19. The first-order chi connectivity index (χ1) is 9.54. The van der Waals surface area contributed by atoms with Gasteiger partial charge >= 0.3 is 5.69 Å². The number of aromatic amines is 1. The maximum atomic E-state index is 11.5. The van der Waals surface area contributed by atoms with Crippen LogP contribution in [0.2, 0.25) is 0 Å². The standard InChI is InChI=1S/C14H15N5O/c1-9-7-10(2)19(16-9)12-6-4-5-11(8-12)13-15-14(20)18(3)17-13/h4-8H,1-3H3,(H,15,17,20). The van der Waals surface area contributed by atoms with Crippen molar-refractivity contribution in [3.05, 3.63) is 52.2 Å². The van der Waals surface area contributed by atoms with E-state index in [0.717, 1.165) is 22.6 Å². The summed E-state index contributed by atoms with van der Waals surface area (Å²) in [5.41, 5.74) is 3.61. The zero-order valence-electron chi connectivity index (χ0n) is 11.6. The average Bonchev–Trinajstić information content (AvgIpc) is 2.93. The third kappa shape index (κ3) is 2.05. The van der Waals surface area contributed by atoms with Gasteiger partial charge < -0.3 is 0 Å². The fourth-order valence-electron chi connectivity index (χ4n) is 2.21. The molecule has 0 saturated carbocycles. The molecule has 0 saturated heterocycles. The van der Waals surface area contributed by atoms with Gasteiger partial charge in [-0.1, -0.05) is 12.1 Å². The third-order valence-electron chi connectivity index (χ3n) is 3.14. The molecule has 3 aromatic rings. The highest BCUT2D eigenvalue weighted by Gasteiger charge is 2.08. The number of hydrogen-bond acceptors (Lipinski definition) is 3. The Labute approximate surface area is 115 Å². The first-order valence-electron chi connectivity index (χ1n) is 6.32. The van der Waals surface area contributed by atoms with Gasteiger partial charge in [-0.2, -0.15) is 10.2 Å². The summed E-state index contributed by atoms with van der Waals surface area (Å²) < 4.78 is 3.16. The number of H-pyrrole nitrogens is 1. The minimum Gasteiger partial charge on any atom is -0.289 e. The Bertz CT molecular complexity index is 824. The van der Waals surface area contributed by atoms with Crippen LogP contribution in [0.15, 0.2) is 35.1 Å². The van der Waals surface area contributed by atoms with Crippen LogP contribution < -0.4 is 5.69 Å². The Morgan fingerprint density at radius 3 is 2.55 bits per heavy atom. The highest BCUT2D eigenvalue weighted by molar-refractivity contribution is 5.58. The lowest BCUT2D eigenvalue weighted by molar-refractivity contribution is 0.736. The molecule has 102 valence electrons. The van der Waals surface area contributed by atoms with Gasteiger partial charge in [-0.05, 0) is 32.0 Å². The first kappa shape index (κ1) is 12.4. The second-order valence-electron chi connectivity index (χ2n) is 4.79. The minimum absolute atomic E-state index is 0.225. The Morgan fingerprint density at radius 2 is 1.95 bits per heavy atom. The molecule has 0 bridgehead atoms. The monoisotopic (exact) mass is 269 g/mol. The van der Waals surface area contributed by atoms with Crippen LogP contribution in [0.4, 0.5) is 0 Å². The molecule has 0 spiro atoms. The van der Waals surface area contributed by atoms with Crippen molar-refractivity contribution in [1.82, 2.24) is 24.5 Å². The van der Waals surface area contributed by atoms with E-state index in [1.165, 1.54) is 4.68 Å². The van der Waals surface area contributed by atoms with Crippen LogP contribution in [-0.2, 0) is 7.05 Å². The summed E-state index contributed by atoms with van der Waals surface area (Å²) in [6.45, 7) is 3.97. The Hall–Kier alpha value is -2.63. The maximum Gasteiger partial charge on any atom is 0.343 e. The lowest BCUT2D eigenvalue weighted by atomic mass is 10.2. The van der Waals surface area contributed by atoms with Crippen molar-refractivity contribution in [2.75, 3.05) is 0 Å². The van der Waals surface area contributed by atoms with Gasteiger partial charge in [0.1, 0.15) is 0 Å². The predicted molar refractivity (Wildman–Crippen MR) is 75.9 cm³/mol. The molecule has 6 nitrogen and oxygen atoms in total. The highest BCUT2D eigenvalue weighted by atomic mass is 16.1. The van der Waals surface area contributed by atoms with Crippen molar-refractivity contribution in [3.63, 3.8) is 0 Å². The van der Waals surface area contributed by atoms with Crippen LogP contribution >= 0.6 is 0 Å². The van der Waals surface area contributed by atoms with Crippen molar-refractivity contribution < 1.29 is 0 Å². The summed E-state index contributed by atoms with van der Waals surface area (Å²) in [4.78, 5) is 14.2. The van der Waals surface area contributed by atoms with Crippen LogP contribution in [0.5, 0.6) is 0 Å². The van der Waals surface area contributed by atoms with Crippen molar-refractivity contribution in [1.29, 1.82) is 0 Å². The van der Waals surface area contributed by atoms with Gasteiger partial charge in [-0.15, -0.1) is 0 Å². The predicted octanol–water partition coefficient (Wildman–Crippen LogP) is 1.58. The summed E-state index contributed by atoms with van der Waals surface area (Å²) in [5.74, 6) is 0.556. The first-order valence-corrected chi connectivity index (χ1v) is 6.32. The number of aryl methyl sites for hydroxylation is 3. The number of nitrogens with zero attached hydrogens (tertiary/aromatic N) is 4. The van der Waals surface area contributed by atoms with Gasteiger partial charge in [0.15, 0.2) is 5.82 Å². The van der Waals surface area contributed by atoms with Gasteiger partial charge in [0.25, 0.3) is 0 Å². The summed E-state index contributed by atoms with van der Waals surface area (Å²) in [6.07, 6.45) is 0. The molecule has 0 unspecified atom stereocenters. The largest absolute Gasteiger partial charge is 0.343 e. The van der Waals surface area contributed by atoms with E-state index in [0.29, 0.717) is 5.82 Å². The summed E-state index contributed by atoms with van der Waals surface area (Å²) >= 11 is 0. The smallest absolute Gasteiger partial charge is 0.289 e. The number of hydrogen-bond donors (Lipinski definition) is 1. The molecule has 0 radical (unpaired) electrons. The van der Waals surface area contributed by atoms with Crippen LogP contribution in [0.3, 0.4) is 0 Å². The zero-order chi connectivity index (χ0) is 14.3. The molecule has 0 aliphatic rings. The Kier molecular flexibility index (Phi) is 2.78. The van der Waals surface area contributed by atoms with Gasteiger partial charge in [0.05, 0.1) is 11.4 Å². The Balaban J connectivity index is 2.10. The second kappa shape index (κ2) is 4.48. The molecule has 0 amide bonds. The molecule has 0 aliphatic carbocycles. The third-order valence-corrected chi connectivity index (χ3v) is 3.14. The van der Waals surface area contributed by atoms with E-state index >= 15 is 0 Å². The molecule has 1 aromatic carbocycles. The van der Waals surface area contributed by atoms with Gasteiger partial charge in [-0.3, -0.25) is 4.98 Å².